The quantitative estimate of drug-likeness (QED) is 0.590. The fourth-order valence-corrected chi connectivity index (χ4v) is 3.73. The summed E-state index contributed by atoms with van der Waals surface area (Å²) in [5.41, 5.74) is 5.17. The van der Waals surface area contributed by atoms with E-state index >= 15 is 0 Å². The number of Topliss-reactive ketones (excluding diaryl/α,β-unsaturated/α-hetero) is 1. The summed E-state index contributed by atoms with van der Waals surface area (Å²) >= 11 is 0. The summed E-state index contributed by atoms with van der Waals surface area (Å²) in [5.74, 6) is -0.574. The average Bonchev–Trinajstić information content (AvgIpc) is 3.29. The Kier molecular flexibility index (Phi) is 4.58. The van der Waals surface area contributed by atoms with E-state index in [-0.39, 0.29) is 12.4 Å². The highest BCUT2D eigenvalue weighted by molar-refractivity contribution is 6.00. The molecule has 25 heavy (non-hydrogen) atoms. The molecule has 0 atom stereocenters. The van der Waals surface area contributed by atoms with E-state index in [4.69, 9.17) is 4.74 Å². The molecule has 2 aromatic heterocycles. The molecule has 0 radical (unpaired) electrons. The van der Waals surface area contributed by atoms with Gasteiger partial charge in [0.2, 0.25) is 5.78 Å². The molecule has 0 bridgehead atoms. The molecule has 1 aliphatic rings. The van der Waals surface area contributed by atoms with E-state index in [2.05, 4.69) is 9.13 Å². The molecule has 1 saturated carbocycles. The van der Waals surface area contributed by atoms with Crippen LogP contribution >= 0.6 is 0 Å². The van der Waals surface area contributed by atoms with Crippen LogP contribution in [-0.2, 0) is 11.3 Å². The first kappa shape index (κ1) is 17.5. The van der Waals surface area contributed by atoms with Gasteiger partial charge in [-0.1, -0.05) is 0 Å². The molecule has 0 saturated heterocycles. The predicted molar refractivity (Wildman–Crippen MR) is 96.4 cm³/mol. The van der Waals surface area contributed by atoms with Crippen LogP contribution in [0.4, 0.5) is 0 Å². The van der Waals surface area contributed by atoms with Crippen molar-refractivity contribution in [3.63, 3.8) is 0 Å². The monoisotopic (exact) mass is 342 g/mol. The SMILES string of the molecule is CCn1c(C)cc(C(=O)OCC(=O)c2cc(C)n(C3CC3)c2C)c1C. The molecule has 0 spiro atoms. The number of aromatic nitrogens is 2. The van der Waals surface area contributed by atoms with E-state index in [9.17, 15) is 9.59 Å². The molecule has 3 rings (SSSR count). The Morgan fingerprint density at radius 1 is 1.04 bits per heavy atom. The van der Waals surface area contributed by atoms with Crippen molar-refractivity contribution < 1.29 is 14.3 Å². The number of nitrogens with zero attached hydrogens (tertiary/aromatic N) is 2. The van der Waals surface area contributed by atoms with Gasteiger partial charge in [0.1, 0.15) is 0 Å². The normalized spacial score (nSPS) is 14.0. The second kappa shape index (κ2) is 6.54. The number of hydrogen-bond donors (Lipinski definition) is 0. The molecule has 5 heteroatoms. The van der Waals surface area contributed by atoms with Gasteiger partial charge in [-0.2, -0.15) is 0 Å². The first-order chi connectivity index (χ1) is 11.8. The van der Waals surface area contributed by atoms with Crippen molar-refractivity contribution in [3.05, 3.63) is 46.0 Å². The Labute approximate surface area is 148 Å². The van der Waals surface area contributed by atoms with Gasteiger partial charge in [-0.15, -0.1) is 0 Å². The second-order valence-electron chi connectivity index (χ2n) is 6.91. The molecule has 2 aromatic rings. The number of ketones is 1. The molecule has 0 aromatic carbocycles. The lowest BCUT2D eigenvalue weighted by Crippen LogP contribution is -2.15. The summed E-state index contributed by atoms with van der Waals surface area (Å²) in [4.78, 5) is 24.9. The zero-order valence-corrected chi connectivity index (χ0v) is 15.7. The molecule has 0 N–H and O–H groups in total. The highest BCUT2D eigenvalue weighted by Gasteiger charge is 2.28. The average molecular weight is 342 g/mol. The van der Waals surface area contributed by atoms with Crippen molar-refractivity contribution >= 4 is 11.8 Å². The van der Waals surface area contributed by atoms with Gasteiger partial charge < -0.3 is 13.9 Å². The number of aryl methyl sites for hydroxylation is 2. The number of carbonyl (C=O) groups excluding carboxylic acids is 2. The zero-order valence-electron chi connectivity index (χ0n) is 15.7. The van der Waals surface area contributed by atoms with Gasteiger partial charge in [0.15, 0.2) is 6.61 Å². The molecule has 1 aliphatic carbocycles. The van der Waals surface area contributed by atoms with Crippen LogP contribution in [0.1, 0.15) is 69.3 Å². The molecular formula is C20H26N2O3. The van der Waals surface area contributed by atoms with E-state index < -0.39 is 5.97 Å². The zero-order chi connectivity index (χ0) is 18.3. The minimum atomic E-state index is -0.433. The molecule has 5 nitrogen and oxygen atoms in total. The van der Waals surface area contributed by atoms with Crippen molar-refractivity contribution in [1.29, 1.82) is 0 Å². The summed E-state index contributed by atoms with van der Waals surface area (Å²) in [6.45, 7) is 10.5. The lowest BCUT2D eigenvalue weighted by atomic mass is 10.1. The maximum Gasteiger partial charge on any atom is 0.340 e. The minimum absolute atomic E-state index is 0.141. The summed E-state index contributed by atoms with van der Waals surface area (Å²) in [6.07, 6.45) is 2.35. The first-order valence-electron chi connectivity index (χ1n) is 8.90. The van der Waals surface area contributed by atoms with E-state index in [0.717, 1.165) is 29.3 Å². The third-order valence-corrected chi connectivity index (χ3v) is 5.14. The van der Waals surface area contributed by atoms with Crippen LogP contribution in [0.5, 0.6) is 0 Å². The van der Waals surface area contributed by atoms with Crippen LogP contribution in [0, 0.1) is 27.7 Å². The Balaban J connectivity index is 1.70. The molecule has 0 unspecified atom stereocenters. The van der Waals surface area contributed by atoms with Crippen LogP contribution in [0.3, 0.4) is 0 Å². The third-order valence-electron chi connectivity index (χ3n) is 5.14. The number of ether oxygens (including phenoxy) is 1. The predicted octanol–water partition coefficient (Wildman–Crippen LogP) is 3.92. The summed E-state index contributed by atoms with van der Waals surface area (Å²) < 4.78 is 9.59. The van der Waals surface area contributed by atoms with Gasteiger partial charge in [-0.05, 0) is 59.6 Å². The van der Waals surface area contributed by atoms with Crippen molar-refractivity contribution in [1.82, 2.24) is 9.13 Å². The molecular weight excluding hydrogens is 316 g/mol. The maximum atomic E-state index is 12.5. The highest BCUT2D eigenvalue weighted by Crippen LogP contribution is 2.38. The Hall–Kier alpha value is -2.30. The second-order valence-corrected chi connectivity index (χ2v) is 6.91. The van der Waals surface area contributed by atoms with Gasteiger partial charge in [-0.25, -0.2) is 4.79 Å². The Bertz CT molecular complexity index is 838. The molecule has 0 aliphatic heterocycles. The van der Waals surface area contributed by atoms with Gasteiger partial charge in [0.05, 0.1) is 5.56 Å². The molecule has 1 fully saturated rings. The van der Waals surface area contributed by atoms with Crippen LogP contribution in [-0.4, -0.2) is 27.5 Å². The Morgan fingerprint density at radius 3 is 2.24 bits per heavy atom. The molecule has 134 valence electrons. The van der Waals surface area contributed by atoms with E-state index in [0.29, 0.717) is 17.2 Å². The van der Waals surface area contributed by atoms with E-state index in [1.54, 1.807) is 0 Å². The van der Waals surface area contributed by atoms with Crippen LogP contribution < -0.4 is 0 Å². The molecule has 2 heterocycles. The van der Waals surface area contributed by atoms with Crippen molar-refractivity contribution in [2.45, 2.75) is 60.0 Å². The van der Waals surface area contributed by atoms with E-state index in [1.807, 2.05) is 46.8 Å². The fraction of sp³-hybridized carbons (Fsp3) is 0.500. The lowest BCUT2D eigenvalue weighted by molar-refractivity contribution is 0.0473. The fourth-order valence-electron chi connectivity index (χ4n) is 3.73. The van der Waals surface area contributed by atoms with Gasteiger partial charge in [0.25, 0.3) is 0 Å². The summed E-state index contributed by atoms with van der Waals surface area (Å²) in [6, 6.07) is 4.26. The molecule has 0 amide bonds. The number of rotatable bonds is 6. The topological polar surface area (TPSA) is 53.2 Å². The lowest BCUT2D eigenvalue weighted by Gasteiger charge is -2.08. The van der Waals surface area contributed by atoms with Crippen molar-refractivity contribution in [3.8, 4) is 0 Å². The van der Waals surface area contributed by atoms with Crippen LogP contribution in [0.25, 0.3) is 0 Å². The summed E-state index contributed by atoms with van der Waals surface area (Å²) in [7, 11) is 0. The largest absolute Gasteiger partial charge is 0.454 e. The highest BCUT2D eigenvalue weighted by atomic mass is 16.5. The first-order valence-corrected chi connectivity index (χ1v) is 8.90. The smallest absolute Gasteiger partial charge is 0.340 e. The maximum absolute atomic E-state index is 12.5. The number of hydrogen-bond acceptors (Lipinski definition) is 3. The van der Waals surface area contributed by atoms with Gasteiger partial charge >= 0.3 is 5.97 Å². The van der Waals surface area contributed by atoms with Crippen LogP contribution in [0.2, 0.25) is 0 Å². The van der Waals surface area contributed by atoms with Crippen molar-refractivity contribution in [2.75, 3.05) is 6.61 Å². The summed E-state index contributed by atoms with van der Waals surface area (Å²) in [5, 5.41) is 0. The van der Waals surface area contributed by atoms with Crippen LogP contribution in [0.15, 0.2) is 12.1 Å². The van der Waals surface area contributed by atoms with E-state index in [1.165, 1.54) is 12.8 Å². The van der Waals surface area contributed by atoms with Gasteiger partial charge in [0, 0.05) is 40.9 Å². The van der Waals surface area contributed by atoms with Crippen molar-refractivity contribution in [2.24, 2.45) is 0 Å². The standard InChI is InChI=1S/C20H26N2O3/c1-6-21-12(2)9-18(14(21)4)20(24)25-11-19(23)17-10-13(3)22(15(17)5)16-7-8-16/h9-10,16H,6-8,11H2,1-5H3. The number of carbonyl (C=O) groups is 2. The minimum Gasteiger partial charge on any atom is -0.454 e. The van der Waals surface area contributed by atoms with Gasteiger partial charge in [-0.3, -0.25) is 4.79 Å². The Morgan fingerprint density at radius 2 is 1.68 bits per heavy atom. The third kappa shape index (κ3) is 3.15. The number of esters is 1.